The van der Waals surface area contributed by atoms with Crippen molar-refractivity contribution < 1.29 is 9.18 Å². The van der Waals surface area contributed by atoms with E-state index in [4.69, 9.17) is 0 Å². The van der Waals surface area contributed by atoms with Gasteiger partial charge in [0.25, 0.3) is 5.91 Å². The number of halogens is 1. The number of nitrogens with zero attached hydrogens (tertiary/aromatic N) is 2. The standard InChI is InChI=1S/C19H18FN5O/c20-12-3-4-15-11(7-12)8-13(23-15)9-22-18-14-5-6-21-19(26)16(14)24-17(25-18)10-1-2-10/h3-4,7-8,10,23H,1-2,5-6,9H2,(H,21,26)(H,22,24,25). The van der Waals surface area contributed by atoms with Crippen LogP contribution in [0.2, 0.25) is 0 Å². The van der Waals surface area contributed by atoms with Crippen LogP contribution in [0.25, 0.3) is 10.9 Å². The number of rotatable bonds is 4. The van der Waals surface area contributed by atoms with Gasteiger partial charge in [-0.3, -0.25) is 4.79 Å². The number of amides is 1. The number of nitrogens with one attached hydrogen (secondary N) is 3. The summed E-state index contributed by atoms with van der Waals surface area (Å²) in [7, 11) is 0. The molecule has 6 nitrogen and oxygen atoms in total. The van der Waals surface area contributed by atoms with Gasteiger partial charge < -0.3 is 15.6 Å². The van der Waals surface area contributed by atoms with Gasteiger partial charge in [0.2, 0.25) is 0 Å². The molecule has 7 heteroatoms. The smallest absolute Gasteiger partial charge is 0.270 e. The summed E-state index contributed by atoms with van der Waals surface area (Å²) in [6.07, 6.45) is 2.87. The third-order valence-electron chi connectivity index (χ3n) is 4.93. The molecule has 1 saturated carbocycles. The first kappa shape index (κ1) is 15.3. The van der Waals surface area contributed by atoms with Crippen LogP contribution in [-0.2, 0) is 13.0 Å². The molecule has 26 heavy (non-hydrogen) atoms. The molecule has 0 radical (unpaired) electrons. The second-order valence-electron chi connectivity index (χ2n) is 6.92. The third kappa shape index (κ3) is 2.69. The molecular formula is C19H18FN5O. The van der Waals surface area contributed by atoms with Crippen LogP contribution in [-0.4, -0.2) is 27.4 Å². The first-order valence-corrected chi connectivity index (χ1v) is 8.87. The van der Waals surface area contributed by atoms with Crippen LogP contribution in [0.1, 0.15) is 46.3 Å². The van der Waals surface area contributed by atoms with Gasteiger partial charge >= 0.3 is 0 Å². The molecule has 1 aliphatic carbocycles. The van der Waals surface area contributed by atoms with Crippen LogP contribution in [0, 0.1) is 5.82 Å². The van der Waals surface area contributed by atoms with E-state index in [1.807, 2.05) is 6.07 Å². The number of carbonyl (C=O) groups excluding carboxylic acids is 1. The maximum absolute atomic E-state index is 13.4. The number of hydrogen-bond donors (Lipinski definition) is 3. The van der Waals surface area contributed by atoms with Crippen LogP contribution < -0.4 is 10.6 Å². The molecule has 3 N–H and O–H groups in total. The first-order chi connectivity index (χ1) is 12.7. The lowest BCUT2D eigenvalue weighted by Gasteiger charge is -2.20. The van der Waals surface area contributed by atoms with Crippen LogP contribution >= 0.6 is 0 Å². The fraction of sp³-hybridized carbons (Fsp3) is 0.316. The number of carbonyl (C=O) groups is 1. The molecule has 0 saturated heterocycles. The normalized spacial score (nSPS) is 16.4. The van der Waals surface area contributed by atoms with Crippen LogP contribution in [0.3, 0.4) is 0 Å². The van der Waals surface area contributed by atoms with Crippen molar-refractivity contribution in [2.45, 2.75) is 31.7 Å². The van der Waals surface area contributed by atoms with Crippen molar-refractivity contribution in [1.82, 2.24) is 20.3 Å². The monoisotopic (exact) mass is 351 g/mol. The van der Waals surface area contributed by atoms with Gasteiger partial charge in [0, 0.05) is 34.6 Å². The lowest BCUT2D eigenvalue weighted by molar-refractivity contribution is 0.0940. The van der Waals surface area contributed by atoms with Gasteiger partial charge in [0.15, 0.2) is 0 Å². The molecule has 1 amide bonds. The molecule has 5 rings (SSSR count). The van der Waals surface area contributed by atoms with Crippen LogP contribution in [0.5, 0.6) is 0 Å². The van der Waals surface area contributed by atoms with Gasteiger partial charge in [-0.25, -0.2) is 14.4 Å². The van der Waals surface area contributed by atoms with Gasteiger partial charge in [-0.1, -0.05) is 0 Å². The van der Waals surface area contributed by atoms with Crippen LogP contribution in [0.15, 0.2) is 24.3 Å². The van der Waals surface area contributed by atoms with Crippen molar-refractivity contribution in [1.29, 1.82) is 0 Å². The van der Waals surface area contributed by atoms with Crippen molar-refractivity contribution in [2.75, 3.05) is 11.9 Å². The molecule has 3 aromatic rings. The van der Waals surface area contributed by atoms with E-state index in [0.717, 1.165) is 46.6 Å². The largest absolute Gasteiger partial charge is 0.364 e. The molecule has 0 atom stereocenters. The highest BCUT2D eigenvalue weighted by Gasteiger charge is 2.31. The van der Waals surface area contributed by atoms with Crippen molar-refractivity contribution in [2.24, 2.45) is 0 Å². The van der Waals surface area contributed by atoms with E-state index in [9.17, 15) is 9.18 Å². The Bertz CT molecular complexity index is 1020. The second-order valence-corrected chi connectivity index (χ2v) is 6.92. The number of aromatic nitrogens is 3. The minimum atomic E-state index is -0.249. The molecule has 0 unspecified atom stereocenters. The lowest BCUT2D eigenvalue weighted by atomic mass is 10.1. The zero-order valence-electron chi connectivity index (χ0n) is 14.1. The number of anilines is 1. The van der Waals surface area contributed by atoms with Crippen LogP contribution in [0.4, 0.5) is 10.2 Å². The van der Waals surface area contributed by atoms with Gasteiger partial charge in [0.1, 0.15) is 23.2 Å². The summed E-state index contributed by atoms with van der Waals surface area (Å²) in [5, 5.41) is 7.04. The zero-order chi connectivity index (χ0) is 17.7. The zero-order valence-corrected chi connectivity index (χ0v) is 14.1. The third-order valence-corrected chi connectivity index (χ3v) is 4.93. The Morgan fingerprint density at radius 2 is 2.12 bits per heavy atom. The molecule has 1 aromatic carbocycles. The van der Waals surface area contributed by atoms with E-state index < -0.39 is 0 Å². The SMILES string of the molecule is O=C1NCCc2c(NCc3cc4cc(F)ccc4[nH]3)nc(C3CC3)nc21. The minimum absolute atomic E-state index is 0.125. The van der Waals surface area contributed by atoms with E-state index in [2.05, 4.69) is 25.6 Å². The van der Waals surface area contributed by atoms with E-state index in [-0.39, 0.29) is 11.7 Å². The number of H-pyrrole nitrogens is 1. The fourth-order valence-electron chi connectivity index (χ4n) is 3.42. The maximum atomic E-state index is 13.4. The first-order valence-electron chi connectivity index (χ1n) is 8.87. The van der Waals surface area contributed by atoms with Gasteiger partial charge in [0.05, 0.1) is 6.54 Å². The molecule has 0 spiro atoms. The Hall–Kier alpha value is -2.96. The Morgan fingerprint density at radius 1 is 1.23 bits per heavy atom. The average molecular weight is 351 g/mol. The predicted octanol–water partition coefficient (Wildman–Crippen LogP) is 2.87. The summed E-state index contributed by atoms with van der Waals surface area (Å²) in [5.41, 5.74) is 3.20. The minimum Gasteiger partial charge on any atom is -0.364 e. The van der Waals surface area contributed by atoms with Gasteiger partial charge in [-0.15, -0.1) is 0 Å². The van der Waals surface area contributed by atoms with Gasteiger partial charge in [-0.2, -0.15) is 0 Å². The average Bonchev–Trinajstić information content (AvgIpc) is 3.40. The molecule has 1 fully saturated rings. The molecular weight excluding hydrogens is 333 g/mol. The number of aromatic amines is 1. The quantitative estimate of drug-likeness (QED) is 0.675. The Labute approximate surface area is 149 Å². The van der Waals surface area contributed by atoms with Crippen molar-refractivity contribution in [3.63, 3.8) is 0 Å². The summed E-state index contributed by atoms with van der Waals surface area (Å²) in [6.45, 7) is 1.11. The topological polar surface area (TPSA) is 82.7 Å². The molecule has 2 aliphatic rings. The molecule has 132 valence electrons. The number of fused-ring (bicyclic) bond motifs is 2. The number of hydrogen-bond acceptors (Lipinski definition) is 4. The molecule has 2 aromatic heterocycles. The maximum Gasteiger partial charge on any atom is 0.270 e. The highest BCUT2D eigenvalue weighted by Crippen LogP contribution is 2.39. The summed E-state index contributed by atoms with van der Waals surface area (Å²) >= 11 is 0. The summed E-state index contributed by atoms with van der Waals surface area (Å²) in [4.78, 5) is 24.7. The van der Waals surface area contributed by atoms with Crippen molar-refractivity contribution >= 4 is 22.6 Å². The van der Waals surface area contributed by atoms with E-state index in [1.54, 1.807) is 6.07 Å². The molecule has 0 bridgehead atoms. The predicted molar refractivity (Wildman–Crippen MR) is 95.6 cm³/mol. The van der Waals surface area contributed by atoms with E-state index >= 15 is 0 Å². The van der Waals surface area contributed by atoms with Crippen molar-refractivity contribution in [3.05, 3.63) is 52.9 Å². The van der Waals surface area contributed by atoms with E-state index in [0.29, 0.717) is 31.1 Å². The number of benzene rings is 1. The Kier molecular flexibility index (Phi) is 3.41. The lowest BCUT2D eigenvalue weighted by Crippen LogP contribution is -2.34. The highest BCUT2D eigenvalue weighted by atomic mass is 19.1. The Balaban J connectivity index is 1.46. The van der Waals surface area contributed by atoms with Crippen molar-refractivity contribution in [3.8, 4) is 0 Å². The highest BCUT2D eigenvalue weighted by molar-refractivity contribution is 5.96. The summed E-state index contributed by atoms with van der Waals surface area (Å²) < 4.78 is 13.4. The Morgan fingerprint density at radius 3 is 2.96 bits per heavy atom. The van der Waals surface area contributed by atoms with E-state index in [1.165, 1.54) is 12.1 Å². The molecule has 1 aliphatic heterocycles. The summed E-state index contributed by atoms with van der Waals surface area (Å²) in [6, 6.07) is 6.61. The second kappa shape index (κ2) is 5.79. The fourth-order valence-corrected chi connectivity index (χ4v) is 3.42. The molecule has 3 heterocycles. The van der Waals surface area contributed by atoms with Gasteiger partial charge in [-0.05, 0) is 43.5 Å². The summed E-state index contributed by atoms with van der Waals surface area (Å²) in [5.74, 6) is 1.48.